The van der Waals surface area contributed by atoms with Crippen LogP contribution >= 0.6 is 0 Å². The van der Waals surface area contributed by atoms with Gasteiger partial charge in [-0.15, -0.1) is 0 Å². The highest BCUT2D eigenvalue weighted by Crippen LogP contribution is 2.32. The van der Waals surface area contributed by atoms with Crippen LogP contribution in [-0.4, -0.2) is 20.8 Å². The van der Waals surface area contributed by atoms with E-state index >= 15 is 0 Å². The molecule has 0 fully saturated rings. The van der Waals surface area contributed by atoms with E-state index in [9.17, 15) is 0 Å². The van der Waals surface area contributed by atoms with Gasteiger partial charge in [-0.05, 0) is 81.9 Å². The van der Waals surface area contributed by atoms with Gasteiger partial charge >= 0.3 is 0 Å². The molecular formula is C49H35N5. The molecule has 1 aliphatic heterocycles. The molecule has 0 spiro atoms. The van der Waals surface area contributed by atoms with Gasteiger partial charge < -0.3 is 5.32 Å². The molecule has 4 heterocycles. The van der Waals surface area contributed by atoms with E-state index in [4.69, 9.17) is 15.0 Å². The average molecular weight is 694 g/mol. The van der Waals surface area contributed by atoms with Crippen LogP contribution < -0.4 is 5.32 Å². The molecule has 0 saturated heterocycles. The first-order valence-electron chi connectivity index (χ1n) is 18.1. The zero-order valence-electron chi connectivity index (χ0n) is 29.4. The first-order chi connectivity index (χ1) is 26.7. The van der Waals surface area contributed by atoms with Crippen LogP contribution in [0.15, 0.2) is 205 Å². The number of pyridine rings is 3. The minimum absolute atomic E-state index is 0.00211. The number of nitrogens with zero attached hydrogens (tertiary/aromatic N) is 4. The highest BCUT2D eigenvalue weighted by atomic mass is 15.0. The van der Waals surface area contributed by atoms with Crippen molar-refractivity contribution in [1.82, 2.24) is 20.3 Å². The molecule has 1 atom stereocenters. The van der Waals surface area contributed by atoms with Gasteiger partial charge in [-0.2, -0.15) is 0 Å². The lowest BCUT2D eigenvalue weighted by Gasteiger charge is -2.24. The van der Waals surface area contributed by atoms with Gasteiger partial charge in [0.15, 0.2) is 0 Å². The third-order valence-corrected chi connectivity index (χ3v) is 9.60. The summed E-state index contributed by atoms with van der Waals surface area (Å²) in [6.07, 6.45) is 4.00. The lowest BCUT2D eigenvalue weighted by atomic mass is 9.98. The number of amidine groups is 1. The van der Waals surface area contributed by atoms with Crippen molar-refractivity contribution in [2.45, 2.75) is 6.04 Å². The zero-order valence-corrected chi connectivity index (χ0v) is 29.4. The number of rotatable bonds is 8. The number of hydrogen-bond acceptors (Lipinski definition) is 5. The topological polar surface area (TPSA) is 63.1 Å². The molecule has 5 nitrogen and oxygen atoms in total. The van der Waals surface area contributed by atoms with Crippen LogP contribution in [-0.2, 0) is 0 Å². The minimum Gasteiger partial charge on any atom is -0.359 e. The SMILES string of the molecule is C1=C(c2ccccc2)N=C(c2cccc(-c3ccc(-c4cccc(-c5cc(-c6ccccc6)cc(-c6ccccn6)n5)n4)cc3)c2)NC1c1ccccc1. The second kappa shape index (κ2) is 14.8. The van der Waals surface area contributed by atoms with Gasteiger partial charge in [0, 0.05) is 17.3 Å². The number of benzene rings is 5. The Hall–Kier alpha value is -7.24. The van der Waals surface area contributed by atoms with Gasteiger partial charge in [-0.3, -0.25) is 4.98 Å². The maximum Gasteiger partial charge on any atom is 0.134 e. The molecule has 0 radical (unpaired) electrons. The van der Waals surface area contributed by atoms with Gasteiger partial charge in [-0.1, -0.05) is 146 Å². The molecule has 0 aliphatic carbocycles. The highest BCUT2D eigenvalue weighted by Gasteiger charge is 2.20. The Morgan fingerprint density at radius 2 is 0.926 bits per heavy atom. The maximum atomic E-state index is 5.11. The monoisotopic (exact) mass is 693 g/mol. The molecule has 256 valence electrons. The largest absolute Gasteiger partial charge is 0.359 e. The number of hydrogen-bond donors (Lipinski definition) is 1. The van der Waals surface area contributed by atoms with Gasteiger partial charge in [0.25, 0.3) is 0 Å². The molecule has 3 aromatic heterocycles. The molecule has 9 rings (SSSR count). The Morgan fingerprint density at radius 1 is 0.370 bits per heavy atom. The van der Waals surface area contributed by atoms with Gasteiger partial charge in [0.05, 0.1) is 40.2 Å². The third-order valence-electron chi connectivity index (χ3n) is 9.60. The first-order valence-corrected chi connectivity index (χ1v) is 18.1. The van der Waals surface area contributed by atoms with Crippen LogP contribution in [0.25, 0.3) is 62.0 Å². The van der Waals surface area contributed by atoms with Crippen LogP contribution in [0.2, 0.25) is 0 Å². The van der Waals surface area contributed by atoms with Crippen molar-refractivity contribution in [1.29, 1.82) is 0 Å². The van der Waals surface area contributed by atoms with E-state index in [0.29, 0.717) is 0 Å². The highest BCUT2D eigenvalue weighted by molar-refractivity contribution is 6.04. The van der Waals surface area contributed by atoms with Gasteiger partial charge in [0.2, 0.25) is 0 Å². The Morgan fingerprint density at radius 3 is 1.67 bits per heavy atom. The summed E-state index contributed by atoms with van der Waals surface area (Å²) >= 11 is 0. The van der Waals surface area contributed by atoms with E-state index in [1.807, 2.05) is 54.6 Å². The van der Waals surface area contributed by atoms with E-state index in [0.717, 1.165) is 78.9 Å². The Bertz CT molecular complexity index is 2540. The smallest absolute Gasteiger partial charge is 0.134 e. The fraction of sp³-hybridized carbons (Fsp3) is 0.0204. The molecule has 0 amide bonds. The molecule has 5 heteroatoms. The third kappa shape index (κ3) is 6.99. The molecule has 1 aliphatic rings. The average Bonchev–Trinajstić information content (AvgIpc) is 3.27. The van der Waals surface area contributed by atoms with Crippen molar-refractivity contribution in [3.05, 3.63) is 217 Å². The molecule has 5 aromatic carbocycles. The summed E-state index contributed by atoms with van der Waals surface area (Å²) in [4.78, 5) is 19.8. The fourth-order valence-electron chi connectivity index (χ4n) is 6.82. The van der Waals surface area contributed by atoms with Gasteiger partial charge in [0.1, 0.15) is 5.84 Å². The van der Waals surface area contributed by atoms with E-state index in [2.05, 4.69) is 150 Å². The van der Waals surface area contributed by atoms with Crippen LogP contribution in [0.3, 0.4) is 0 Å². The van der Waals surface area contributed by atoms with Crippen LogP contribution in [0.4, 0.5) is 0 Å². The summed E-state index contributed by atoms with van der Waals surface area (Å²) < 4.78 is 0. The van der Waals surface area contributed by atoms with E-state index in [1.54, 1.807) is 6.20 Å². The number of aliphatic imine (C=N–C) groups is 1. The lowest BCUT2D eigenvalue weighted by molar-refractivity contribution is 0.781. The normalized spacial score (nSPS) is 13.7. The molecule has 1 unspecified atom stereocenters. The van der Waals surface area contributed by atoms with Crippen molar-refractivity contribution in [2.75, 3.05) is 0 Å². The van der Waals surface area contributed by atoms with Crippen molar-refractivity contribution < 1.29 is 0 Å². The van der Waals surface area contributed by atoms with E-state index in [-0.39, 0.29) is 6.04 Å². The summed E-state index contributed by atoms with van der Waals surface area (Å²) in [5.41, 5.74) is 13.8. The van der Waals surface area contributed by atoms with E-state index < -0.39 is 0 Å². The predicted molar refractivity (Wildman–Crippen MR) is 220 cm³/mol. The quantitative estimate of drug-likeness (QED) is 0.172. The summed E-state index contributed by atoms with van der Waals surface area (Å²) in [5, 5.41) is 3.70. The maximum absolute atomic E-state index is 5.11. The Balaban J connectivity index is 1.01. The molecule has 54 heavy (non-hydrogen) atoms. The first kappa shape index (κ1) is 32.7. The van der Waals surface area contributed by atoms with Crippen molar-refractivity contribution in [2.24, 2.45) is 4.99 Å². The second-order valence-electron chi connectivity index (χ2n) is 13.2. The standard InChI is InChI=1S/C49H35N5/c1-4-14-34(15-5-1)41-31-47(43-22-10-11-29-50-43)52-48(32-41)44-24-13-23-42(51-44)38-27-25-35(26-28-38)39-20-12-21-40(30-39)49-53-45(36-16-6-2-7-17-36)33-46(54-49)37-18-8-3-9-19-37/h1-33,45H,(H,53,54). The summed E-state index contributed by atoms with van der Waals surface area (Å²) in [6.45, 7) is 0. The zero-order chi connectivity index (χ0) is 36.1. The Labute approximate surface area is 315 Å². The van der Waals surface area contributed by atoms with Crippen LogP contribution in [0.1, 0.15) is 22.7 Å². The minimum atomic E-state index is -0.00211. The van der Waals surface area contributed by atoms with Crippen molar-refractivity contribution in [3.8, 4) is 56.3 Å². The molecule has 0 bridgehead atoms. The fourth-order valence-corrected chi connectivity index (χ4v) is 6.82. The van der Waals surface area contributed by atoms with Gasteiger partial charge in [-0.25, -0.2) is 15.0 Å². The second-order valence-corrected chi connectivity index (χ2v) is 13.2. The molecule has 8 aromatic rings. The number of aromatic nitrogens is 3. The summed E-state index contributed by atoms with van der Waals surface area (Å²) in [7, 11) is 0. The van der Waals surface area contributed by atoms with E-state index in [1.165, 1.54) is 5.56 Å². The lowest BCUT2D eigenvalue weighted by Crippen LogP contribution is -2.31. The molecule has 1 N–H and O–H groups in total. The Kier molecular flexibility index (Phi) is 8.94. The van der Waals surface area contributed by atoms with Crippen molar-refractivity contribution in [3.63, 3.8) is 0 Å². The molecule has 0 saturated carbocycles. The molecular weight excluding hydrogens is 659 g/mol. The van der Waals surface area contributed by atoms with Crippen molar-refractivity contribution >= 4 is 11.5 Å². The predicted octanol–water partition coefficient (Wildman–Crippen LogP) is 11.3. The summed E-state index contributed by atoms with van der Waals surface area (Å²) in [6, 6.07) is 64.6. The van der Waals surface area contributed by atoms with Crippen LogP contribution in [0, 0.1) is 0 Å². The number of nitrogens with one attached hydrogen (secondary N) is 1. The summed E-state index contributed by atoms with van der Waals surface area (Å²) in [5.74, 6) is 0.848. The van der Waals surface area contributed by atoms with Crippen LogP contribution in [0.5, 0.6) is 0 Å².